The van der Waals surface area contributed by atoms with Crippen LogP contribution in [-0.4, -0.2) is 24.2 Å². The first-order valence-corrected chi connectivity index (χ1v) is 4.43. The molecule has 1 fully saturated rings. The van der Waals surface area contributed by atoms with Crippen LogP contribution in [0.4, 0.5) is 0 Å². The Balaban J connectivity index is 2.33. The lowest BCUT2D eigenvalue weighted by Crippen LogP contribution is -2.11. The summed E-state index contributed by atoms with van der Waals surface area (Å²) in [5.41, 5.74) is 0. The lowest BCUT2D eigenvalue weighted by molar-refractivity contribution is -0.143. The summed E-state index contributed by atoms with van der Waals surface area (Å²) in [6.07, 6.45) is 2.49. The Morgan fingerprint density at radius 1 is 1.46 bits per heavy atom. The lowest BCUT2D eigenvalue weighted by atomic mass is 10.0. The summed E-state index contributed by atoms with van der Waals surface area (Å²) in [4.78, 5) is 21.5. The minimum absolute atomic E-state index is 0.202. The molecule has 0 amide bonds. The number of aliphatic carboxylic acids is 1. The van der Waals surface area contributed by atoms with Crippen LogP contribution in [0.15, 0.2) is 0 Å². The zero-order valence-electron chi connectivity index (χ0n) is 7.66. The summed E-state index contributed by atoms with van der Waals surface area (Å²) in [7, 11) is 1.35. The van der Waals surface area contributed by atoms with Gasteiger partial charge in [0.15, 0.2) is 0 Å². The molecule has 4 nitrogen and oxygen atoms in total. The molecule has 0 heterocycles. The van der Waals surface area contributed by atoms with E-state index in [-0.39, 0.29) is 17.8 Å². The van der Waals surface area contributed by atoms with Crippen LogP contribution in [0.1, 0.15) is 25.7 Å². The minimum Gasteiger partial charge on any atom is -0.481 e. The summed E-state index contributed by atoms with van der Waals surface area (Å²) >= 11 is 0. The lowest BCUT2D eigenvalue weighted by Gasteiger charge is -2.06. The van der Waals surface area contributed by atoms with Crippen LogP contribution in [0.25, 0.3) is 0 Å². The Morgan fingerprint density at radius 3 is 2.62 bits per heavy atom. The van der Waals surface area contributed by atoms with E-state index in [0.717, 1.165) is 6.42 Å². The Labute approximate surface area is 76.9 Å². The Kier molecular flexibility index (Phi) is 3.28. The van der Waals surface area contributed by atoms with Gasteiger partial charge in [-0.1, -0.05) is 0 Å². The van der Waals surface area contributed by atoms with E-state index in [0.29, 0.717) is 19.3 Å². The fourth-order valence-electron chi connectivity index (χ4n) is 1.80. The normalized spacial score (nSPS) is 27.2. The molecule has 2 unspecified atom stereocenters. The Morgan fingerprint density at radius 2 is 2.15 bits per heavy atom. The molecule has 4 heteroatoms. The van der Waals surface area contributed by atoms with Crippen LogP contribution in [0.2, 0.25) is 0 Å². The molecule has 2 atom stereocenters. The average Bonchev–Trinajstić information content (AvgIpc) is 2.52. The van der Waals surface area contributed by atoms with Gasteiger partial charge in [0, 0.05) is 6.42 Å². The highest BCUT2D eigenvalue weighted by Gasteiger charge is 2.30. The number of rotatable bonds is 3. The largest absolute Gasteiger partial charge is 0.481 e. The molecule has 0 saturated heterocycles. The first-order chi connectivity index (χ1) is 6.13. The summed E-state index contributed by atoms with van der Waals surface area (Å²) in [5, 5.41) is 8.71. The average molecular weight is 186 g/mol. The highest BCUT2D eigenvalue weighted by atomic mass is 16.5. The minimum atomic E-state index is -0.743. The Hall–Kier alpha value is -1.06. The number of esters is 1. The van der Waals surface area contributed by atoms with Gasteiger partial charge in [-0.3, -0.25) is 9.59 Å². The second-order valence-corrected chi connectivity index (χ2v) is 3.49. The van der Waals surface area contributed by atoms with Crippen LogP contribution in [0, 0.1) is 11.8 Å². The molecule has 0 aromatic rings. The van der Waals surface area contributed by atoms with Crippen molar-refractivity contribution in [2.24, 2.45) is 11.8 Å². The van der Waals surface area contributed by atoms with Crippen molar-refractivity contribution in [1.29, 1.82) is 0 Å². The highest BCUT2D eigenvalue weighted by Crippen LogP contribution is 2.33. The number of hydrogen-bond acceptors (Lipinski definition) is 3. The van der Waals surface area contributed by atoms with Gasteiger partial charge in [0.1, 0.15) is 0 Å². The van der Waals surface area contributed by atoms with E-state index in [2.05, 4.69) is 4.74 Å². The zero-order valence-corrected chi connectivity index (χ0v) is 7.66. The van der Waals surface area contributed by atoms with Crippen LogP contribution in [0.5, 0.6) is 0 Å². The molecular formula is C9H14O4. The molecule has 74 valence electrons. The van der Waals surface area contributed by atoms with E-state index < -0.39 is 5.97 Å². The maximum atomic E-state index is 10.9. The van der Waals surface area contributed by atoms with Crippen LogP contribution < -0.4 is 0 Å². The van der Waals surface area contributed by atoms with Gasteiger partial charge in [0.2, 0.25) is 0 Å². The fourth-order valence-corrected chi connectivity index (χ4v) is 1.80. The molecule has 1 N–H and O–H groups in total. The smallest absolute Gasteiger partial charge is 0.306 e. The summed E-state index contributed by atoms with van der Waals surface area (Å²) in [6, 6.07) is 0. The van der Waals surface area contributed by atoms with E-state index in [9.17, 15) is 9.59 Å². The SMILES string of the molecule is COC(=O)CC1CCC(C(=O)O)C1. The number of methoxy groups -OCH3 is 1. The first-order valence-electron chi connectivity index (χ1n) is 4.43. The predicted molar refractivity (Wildman–Crippen MR) is 45.1 cm³/mol. The van der Waals surface area contributed by atoms with Crippen molar-refractivity contribution < 1.29 is 19.4 Å². The van der Waals surface area contributed by atoms with E-state index >= 15 is 0 Å². The van der Waals surface area contributed by atoms with E-state index in [4.69, 9.17) is 5.11 Å². The Bertz CT molecular complexity index is 212. The second kappa shape index (κ2) is 4.25. The van der Waals surface area contributed by atoms with Crippen molar-refractivity contribution in [1.82, 2.24) is 0 Å². The summed E-state index contributed by atoms with van der Waals surface area (Å²) < 4.78 is 4.52. The molecule has 0 radical (unpaired) electrons. The van der Waals surface area contributed by atoms with Gasteiger partial charge in [0.05, 0.1) is 13.0 Å². The van der Waals surface area contributed by atoms with Crippen LogP contribution >= 0.6 is 0 Å². The number of carboxylic acid groups (broad SMARTS) is 1. The molecule has 1 aliphatic carbocycles. The molecule has 1 rings (SSSR count). The number of carboxylic acids is 1. The standard InChI is InChI=1S/C9H14O4/c1-13-8(10)5-6-2-3-7(4-6)9(11)12/h6-7H,2-5H2,1H3,(H,11,12). The van der Waals surface area contributed by atoms with Gasteiger partial charge in [0.25, 0.3) is 0 Å². The van der Waals surface area contributed by atoms with Gasteiger partial charge in [-0.15, -0.1) is 0 Å². The van der Waals surface area contributed by atoms with Crippen LogP contribution in [0.3, 0.4) is 0 Å². The number of ether oxygens (including phenoxy) is 1. The predicted octanol–water partition coefficient (Wildman–Crippen LogP) is 1.05. The molecule has 0 aliphatic heterocycles. The topological polar surface area (TPSA) is 63.6 Å². The third-order valence-corrected chi connectivity index (χ3v) is 2.57. The summed E-state index contributed by atoms with van der Waals surface area (Å²) in [5.74, 6) is -1.04. The molecule has 0 bridgehead atoms. The fraction of sp³-hybridized carbons (Fsp3) is 0.778. The molecule has 0 aromatic heterocycles. The second-order valence-electron chi connectivity index (χ2n) is 3.49. The summed E-state index contributed by atoms with van der Waals surface area (Å²) in [6.45, 7) is 0. The van der Waals surface area contributed by atoms with Crippen molar-refractivity contribution in [2.45, 2.75) is 25.7 Å². The molecule has 13 heavy (non-hydrogen) atoms. The van der Waals surface area contributed by atoms with Crippen LogP contribution in [-0.2, 0) is 14.3 Å². The number of carbonyl (C=O) groups is 2. The molecular weight excluding hydrogens is 172 g/mol. The van der Waals surface area contributed by atoms with Gasteiger partial charge in [-0.05, 0) is 25.2 Å². The molecule has 0 aromatic carbocycles. The monoisotopic (exact) mass is 186 g/mol. The van der Waals surface area contributed by atoms with Gasteiger partial charge in [-0.2, -0.15) is 0 Å². The number of hydrogen-bond donors (Lipinski definition) is 1. The number of carbonyl (C=O) groups excluding carboxylic acids is 1. The van der Waals surface area contributed by atoms with E-state index in [1.807, 2.05) is 0 Å². The maximum Gasteiger partial charge on any atom is 0.306 e. The van der Waals surface area contributed by atoms with Crippen molar-refractivity contribution in [3.8, 4) is 0 Å². The van der Waals surface area contributed by atoms with Crippen molar-refractivity contribution in [2.75, 3.05) is 7.11 Å². The molecule has 1 aliphatic rings. The zero-order chi connectivity index (χ0) is 9.84. The third kappa shape index (κ3) is 2.72. The van der Waals surface area contributed by atoms with E-state index in [1.165, 1.54) is 7.11 Å². The van der Waals surface area contributed by atoms with Gasteiger partial charge < -0.3 is 9.84 Å². The highest BCUT2D eigenvalue weighted by molar-refractivity contribution is 5.71. The maximum absolute atomic E-state index is 10.9. The van der Waals surface area contributed by atoms with E-state index in [1.54, 1.807) is 0 Å². The van der Waals surface area contributed by atoms with Crippen molar-refractivity contribution in [3.63, 3.8) is 0 Å². The molecule has 1 saturated carbocycles. The van der Waals surface area contributed by atoms with Crippen molar-refractivity contribution >= 4 is 11.9 Å². The van der Waals surface area contributed by atoms with Gasteiger partial charge >= 0.3 is 11.9 Å². The molecule has 0 spiro atoms. The third-order valence-electron chi connectivity index (χ3n) is 2.57. The van der Waals surface area contributed by atoms with Gasteiger partial charge in [-0.25, -0.2) is 0 Å². The quantitative estimate of drug-likeness (QED) is 0.669. The van der Waals surface area contributed by atoms with Crippen molar-refractivity contribution in [3.05, 3.63) is 0 Å². The first kappa shape index (κ1) is 10.0.